The predicted octanol–water partition coefficient (Wildman–Crippen LogP) is 4.73. The van der Waals surface area contributed by atoms with Crippen LogP contribution in [-0.2, 0) is 0 Å². The quantitative estimate of drug-likeness (QED) is 0.727. The summed E-state index contributed by atoms with van der Waals surface area (Å²) in [6.45, 7) is 4.28. The van der Waals surface area contributed by atoms with Crippen molar-refractivity contribution in [2.75, 3.05) is 0 Å². The van der Waals surface area contributed by atoms with Crippen molar-refractivity contribution in [2.24, 2.45) is 10.1 Å². The molecule has 4 heteroatoms. The van der Waals surface area contributed by atoms with Gasteiger partial charge in [0, 0.05) is 17.5 Å². The molecule has 1 aromatic carbocycles. The van der Waals surface area contributed by atoms with Crippen LogP contribution in [0.2, 0.25) is 0 Å². The summed E-state index contributed by atoms with van der Waals surface area (Å²) in [5.74, 6) is 0.297. The molecule has 1 saturated carbocycles. The number of aromatic nitrogens is 1. The standard InChI is InChI=1S/C19H25N3S/c1-15(17-9-5-3-6-10-17)13-20-22-16(2)14-23-19(22)21-18-11-7-4-8-12-18/h3,5-6,9-10,13-15,18H,4,7-8,11-12H2,1-2H3. The lowest BCUT2D eigenvalue weighted by atomic mass is 9.96. The molecule has 23 heavy (non-hydrogen) atoms. The van der Waals surface area contributed by atoms with Gasteiger partial charge in [0.15, 0.2) is 0 Å². The first-order valence-corrected chi connectivity index (χ1v) is 9.42. The zero-order chi connectivity index (χ0) is 16.1. The van der Waals surface area contributed by atoms with E-state index in [9.17, 15) is 0 Å². The molecule has 2 aromatic rings. The summed E-state index contributed by atoms with van der Waals surface area (Å²) in [4.78, 5) is 5.99. The van der Waals surface area contributed by atoms with Gasteiger partial charge in [0.25, 0.3) is 0 Å². The molecule has 1 aliphatic rings. The van der Waals surface area contributed by atoms with Crippen molar-refractivity contribution in [3.05, 3.63) is 51.8 Å². The van der Waals surface area contributed by atoms with Crippen LogP contribution in [0.4, 0.5) is 0 Å². The molecule has 1 fully saturated rings. The summed E-state index contributed by atoms with van der Waals surface area (Å²) in [6.07, 6.45) is 8.46. The van der Waals surface area contributed by atoms with Gasteiger partial charge in [-0.3, -0.25) is 4.99 Å². The summed E-state index contributed by atoms with van der Waals surface area (Å²) in [5.41, 5.74) is 2.44. The Morgan fingerprint density at radius 3 is 2.65 bits per heavy atom. The largest absolute Gasteiger partial charge is 0.254 e. The fourth-order valence-electron chi connectivity index (χ4n) is 2.99. The van der Waals surface area contributed by atoms with E-state index in [4.69, 9.17) is 10.1 Å². The second kappa shape index (κ2) is 7.73. The highest BCUT2D eigenvalue weighted by atomic mass is 32.1. The van der Waals surface area contributed by atoms with Crippen molar-refractivity contribution < 1.29 is 0 Å². The van der Waals surface area contributed by atoms with E-state index in [1.807, 2.05) is 17.0 Å². The van der Waals surface area contributed by atoms with Crippen molar-refractivity contribution >= 4 is 17.6 Å². The van der Waals surface area contributed by atoms with E-state index < -0.39 is 0 Å². The lowest BCUT2D eigenvalue weighted by Gasteiger charge is -2.16. The van der Waals surface area contributed by atoms with Crippen LogP contribution < -0.4 is 4.80 Å². The van der Waals surface area contributed by atoms with E-state index in [0.717, 1.165) is 10.5 Å². The Bertz CT molecular complexity index is 706. The summed E-state index contributed by atoms with van der Waals surface area (Å²) in [5, 5.41) is 6.86. The van der Waals surface area contributed by atoms with Crippen molar-refractivity contribution in [1.29, 1.82) is 0 Å². The van der Waals surface area contributed by atoms with Gasteiger partial charge in [0.2, 0.25) is 4.80 Å². The summed E-state index contributed by atoms with van der Waals surface area (Å²) in [7, 11) is 0. The predicted molar refractivity (Wildman–Crippen MR) is 98.2 cm³/mol. The van der Waals surface area contributed by atoms with Gasteiger partial charge in [-0.15, -0.1) is 11.3 Å². The van der Waals surface area contributed by atoms with Crippen LogP contribution in [0.15, 0.2) is 45.8 Å². The Morgan fingerprint density at radius 2 is 1.91 bits per heavy atom. The fraction of sp³-hybridized carbons (Fsp3) is 0.474. The molecule has 0 spiro atoms. The SMILES string of the molecule is Cc1csc(=NC2CCCCC2)n1N=CC(C)c1ccccc1. The highest BCUT2D eigenvalue weighted by Crippen LogP contribution is 2.20. The monoisotopic (exact) mass is 327 g/mol. The normalized spacial score (nSPS) is 18.6. The molecule has 1 aliphatic carbocycles. The highest BCUT2D eigenvalue weighted by Gasteiger charge is 2.12. The third-order valence-corrected chi connectivity index (χ3v) is 5.40. The van der Waals surface area contributed by atoms with Gasteiger partial charge in [-0.25, -0.2) is 4.68 Å². The maximum Gasteiger partial charge on any atom is 0.206 e. The van der Waals surface area contributed by atoms with E-state index in [0.29, 0.717) is 12.0 Å². The molecular formula is C19H25N3S. The third kappa shape index (κ3) is 4.20. The lowest BCUT2D eigenvalue weighted by Crippen LogP contribution is -2.19. The molecule has 0 radical (unpaired) electrons. The molecule has 1 atom stereocenters. The van der Waals surface area contributed by atoms with Gasteiger partial charge in [-0.1, -0.05) is 56.5 Å². The maximum atomic E-state index is 4.96. The molecule has 3 nitrogen and oxygen atoms in total. The fourth-order valence-corrected chi connectivity index (χ4v) is 3.87. The van der Waals surface area contributed by atoms with Gasteiger partial charge < -0.3 is 0 Å². The Balaban J connectivity index is 1.81. The van der Waals surface area contributed by atoms with E-state index in [2.05, 4.69) is 43.5 Å². The van der Waals surface area contributed by atoms with Crippen LogP contribution in [-0.4, -0.2) is 16.9 Å². The summed E-state index contributed by atoms with van der Waals surface area (Å²) in [6, 6.07) is 11.0. The summed E-state index contributed by atoms with van der Waals surface area (Å²) >= 11 is 1.70. The van der Waals surface area contributed by atoms with Crippen LogP contribution >= 0.6 is 11.3 Å². The zero-order valence-corrected chi connectivity index (χ0v) is 14.8. The first kappa shape index (κ1) is 16.2. The van der Waals surface area contributed by atoms with Gasteiger partial charge in [0.1, 0.15) is 0 Å². The summed E-state index contributed by atoms with van der Waals surface area (Å²) < 4.78 is 2.00. The van der Waals surface area contributed by atoms with Crippen molar-refractivity contribution in [3.8, 4) is 0 Å². The number of thiazole rings is 1. The van der Waals surface area contributed by atoms with E-state index in [1.54, 1.807) is 11.3 Å². The highest BCUT2D eigenvalue weighted by molar-refractivity contribution is 7.07. The molecule has 0 aliphatic heterocycles. The number of aryl methyl sites for hydroxylation is 1. The molecule has 1 aromatic heterocycles. The third-order valence-electron chi connectivity index (χ3n) is 4.45. The molecular weight excluding hydrogens is 302 g/mol. The zero-order valence-electron chi connectivity index (χ0n) is 14.0. The van der Waals surface area contributed by atoms with Crippen molar-refractivity contribution in [3.63, 3.8) is 0 Å². The van der Waals surface area contributed by atoms with E-state index in [1.165, 1.54) is 37.7 Å². The minimum absolute atomic E-state index is 0.297. The van der Waals surface area contributed by atoms with Crippen LogP contribution in [0, 0.1) is 6.92 Å². The van der Waals surface area contributed by atoms with Crippen LogP contribution in [0.1, 0.15) is 56.2 Å². The van der Waals surface area contributed by atoms with Gasteiger partial charge >= 0.3 is 0 Å². The molecule has 1 unspecified atom stereocenters. The smallest absolute Gasteiger partial charge is 0.206 e. The van der Waals surface area contributed by atoms with E-state index in [-0.39, 0.29) is 0 Å². The van der Waals surface area contributed by atoms with Gasteiger partial charge in [-0.2, -0.15) is 5.10 Å². The minimum Gasteiger partial charge on any atom is -0.254 e. The minimum atomic E-state index is 0.297. The average Bonchev–Trinajstić information content (AvgIpc) is 2.94. The number of nitrogens with zero attached hydrogens (tertiary/aromatic N) is 3. The van der Waals surface area contributed by atoms with Crippen LogP contribution in [0.5, 0.6) is 0 Å². The Morgan fingerprint density at radius 1 is 1.17 bits per heavy atom. The van der Waals surface area contributed by atoms with Gasteiger partial charge in [0.05, 0.1) is 11.7 Å². The molecule has 1 heterocycles. The van der Waals surface area contributed by atoms with Crippen LogP contribution in [0.25, 0.3) is 0 Å². The number of hydrogen-bond acceptors (Lipinski definition) is 3. The Labute approximate surface area is 142 Å². The van der Waals surface area contributed by atoms with Gasteiger partial charge in [-0.05, 0) is 25.3 Å². The van der Waals surface area contributed by atoms with Crippen LogP contribution in [0.3, 0.4) is 0 Å². The maximum absolute atomic E-state index is 4.96. The molecule has 0 saturated heterocycles. The second-order valence-electron chi connectivity index (χ2n) is 6.36. The molecule has 0 N–H and O–H groups in total. The Hall–Kier alpha value is -1.68. The number of rotatable bonds is 4. The first-order valence-electron chi connectivity index (χ1n) is 8.54. The first-order chi connectivity index (χ1) is 11.2. The number of hydrogen-bond donors (Lipinski definition) is 0. The average molecular weight is 327 g/mol. The lowest BCUT2D eigenvalue weighted by molar-refractivity contribution is 0.435. The molecule has 3 rings (SSSR count). The topological polar surface area (TPSA) is 29.6 Å². The number of benzene rings is 1. The molecule has 122 valence electrons. The van der Waals surface area contributed by atoms with Crippen molar-refractivity contribution in [2.45, 2.75) is 57.9 Å². The molecule has 0 amide bonds. The Kier molecular flexibility index (Phi) is 5.44. The van der Waals surface area contributed by atoms with E-state index >= 15 is 0 Å². The second-order valence-corrected chi connectivity index (χ2v) is 7.19. The molecule has 0 bridgehead atoms. The van der Waals surface area contributed by atoms with Crippen molar-refractivity contribution in [1.82, 2.24) is 4.68 Å².